The zero-order valence-corrected chi connectivity index (χ0v) is 16.0. The molecule has 0 spiro atoms. The van der Waals surface area contributed by atoms with Crippen LogP contribution in [0.3, 0.4) is 0 Å². The molecule has 2 unspecified atom stereocenters. The van der Waals surface area contributed by atoms with Gasteiger partial charge in [-0.1, -0.05) is 24.3 Å². The maximum absolute atomic E-state index is 12.9. The number of hydrogen-bond donors (Lipinski definition) is 1. The minimum Gasteiger partial charge on any atom is -0.465 e. The second-order valence-electron chi connectivity index (χ2n) is 6.55. The number of alkyl halides is 3. The van der Waals surface area contributed by atoms with Gasteiger partial charge in [-0.25, -0.2) is 4.79 Å². The summed E-state index contributed by atoms with van der Waals surface area (Å²) in [6.07, 6.45) is -4.18. The molecule has 2 aromatic carbocycles. The maximum Gasteiger partial charge on any atom is 0.416 e. The summed E-state index contributed by atoms with van der Waals surface area (Å²) < 4.78 is 48.8. The molecule has 0 bridgehead atoms. The number of esters is 1. The van der Waals surface area contributed by atoms with Crippen LogP contribution in [0.5, 0.6) is 0 Å². The lowest BCUT2D eigenvalue weighted by Gasteiger charge is -2.21. The first-order chi connectivity index (χ1) is 13.2. The third-order valence-corrected chi connectivity index (χ3v) is 4.44. The van der Waals surface area contributed by atoms with Crippen LogP contribution in [-0.4, -0.2) is 32.8 Å². The number of rotatable bonds is 8. The van der Waals surface area contributed by atoms with Crippen LogP contribution in [0.1, 0.15) is 40.1 Å². The number of methoxy groups -OCH3 is 2. The van der Waals surface area contributed by atoms with Gasteiger partial charge >= 0.3 is 12.1 Å². The number of nitrogens with one attached hydrogen (secondary N) is 1. The molecular formula is C21H24F3NO3. The van der Waals surface area contributed by atoms with Gasteiger partial charge in [-0.3, -0.25) is 0 Å². The zero-order valence-electron chi connectivity index (χ0n) is 16.0. The van der Waals surface area contributed by atoms with Gasteiger partial charge in [0.25, 0.3) is 0 Å². The third-order valence-electron chi connectivity index (χ3n) is 4.44. The fraction of sp³-hybridized carbons (Fsp3) is 0.381. The molecule has 0 saturated carbocycles. The Balaban J connectivity index is 1.95. The summed E-state index contributed by atoms with van der Waals surface area (Å²) in [5.41, 5.74) is 1.29. The molecule has 152 valence electrons. The predicted molar refractivity (Wildman–Crippen MR) is 100 cm³/mol. The van der Waals surface area contributed by atoms with Gasteiger partial charge in [0.15, 0.2) is 0 Å². The minimum absolute atomic E-state index is 0.0624. The molecule has 1 N–H and O–H groups in total. The van der Waals surface area contributed by atoms with E-state index in [2.05, 4.69) is 10.1 Å². The lowest BCUT2D eigenvalue weighted by molar-refractivity contribution is -0.137. The lowest BCUT2D eigenvalue weighted by atomic mass is 10.0. The smallest absolute Gasteiger partial charge is 0.416 e. The van der Waals surface area contributed by atoms with Gasteiger partial charge in [-0.05, 0) is 48.7 Å². The van der Waals surface area contributed by atoms with Crippen molar-refractivity contribution < 1.29 is 27.4 Å². The molecule has 0 radical (unpaired) electrons. The summed E-state index contributed by atoms with van der Waals surface area (Å²) in [5.74, 6) is -0.387. The van der Waals surface area contributed by atoms with E-state index >= 15 is 0 Å². The van der Waals surface area contributed by atoms with E-state index in [-0.39, 0.29) is 12.0 Å². The highest BCUT2D eigenvalue weighted by atomic mass is 19.4. The highest BCUT2D eigenvalue weighted by Crippen LogP contribution is 2.31. The van der Waals surface area contributed by atoms with Crippen molar-refractivity contribution >= 4 is 5.97 Å². The fourth-order valence-electron chi connectivity index (χ4n) is 2.88. The summed E-state index contributed by atoms with van der Waals surface area (Å²) in [4.78, 5) is 11.5. The Morgan fingerprint density at radius 2 is 1.79 bits per heavy atom. The molecule has 2 atom stereocenters. The Morgan fingerprint density at radius 1 is 1.11 bits per heavy atom. The van der Waals surface area contributed by atoms with Crippen molar-refractivity contribution in [1.82, 2.24) is 5.32 Å². The molecule has 0 heterocycles. The molecule has 2 rings (SSSR count). The Hall–Kier alpha value is -2.38. The minimum atomic E-state index is -4.38. The number of halogens is 3. The van der Waals surface area contributed by atoms with Gasteiger partial charge in [0.2, 0.25) is 0 Å². The largest absolute Gasteiger partial charge is 0.465 e. The third kappa shape index (κ3) is 6.07. The molecular weight excluding hydrogens is 371 g/mol. The van der Waals surface area contributed by atoms with Crippen LogP contribution >= 0.6 is 0 Å². The highest BCUT2D eigenvalue weighted by molar-refractivity contribution is 5.89. The van der Waals surface area contributed by atoms with E-state index < -0.39 is 17.8 Å². The number of benzene rings is 2. The van der Waals surface area contributed by atoms with Gasteiger partial charge < -0.3 is 14.8 Å². The standard InChI is InChI=1S/C21H24F3NO3/c1-14(11-15-7-9-16(10-8-15)20(26)28-3)25-13-19(27-2)17-5-4-6-18(12-17)21(22,23)24/h4-10,12,14,19,25H,11,13H2,1-3H3. The van der Waals surface area contributed by atoms with Crippen LogP contribution in [0.2, 0.25) is 0 Å². The first kappa shape index (κ1) is 21.9. The van der Waals surface area contributed by atoms with Crippen LogP contribution in [0.15, 0.2) is 48.5 Å². The average Bonchev–Trinajstić information content (AvgIpc) is 2.68. The molecule has 4 nitrogen and oxygen atoms in total. The first-order valence-electron chi connectivity index (χ1n) is 8.85. The van der Waals surface area contributed by atoms with Crippen LogP contribution < -0.4 is 5.32 Å². The maximum atomic E-state index is 12.9. The van der Waals surface area contributed by atoms with Crippen molar-refractivity contribution in [2.45, 2.75) is 31.7 Å². The molecule has 2 aromatic rings. The topological polar surface area (TPSA) is 47.6 Å². The van der Waals surface area contributed by atoms with E-state index in [1.54, 1.807) is 18.2 Å². The average molecular weight is 395 g/mol. The van der Waals surface area contributed by atoms with Crippen LogP contribution in [0.25, 0.3) is 0 Å². The van der Waals surface area contributed by atoms with Crippen molar-refractivity contribution in [3.05, 3.63) is 70.8 Å². The van der Waals surface area contributed by atoms with E-state index in [9.17, 15) is 18.0 Å². The first-order valence-corrected chi connectivity index (χ1v) is 8.85. The van der Waals surface area contributed by atoms with Gasteiger partial charge in [-0.15, -0.1) is 0 Å². The summed E-state index contributed by atoms with van der Waals surface area (Å²) >= 11 is 0. The quantitative estimate of drug-likeness (QED) is 0.673. The Bertz CT molecular complexity index is 775. The van der Waals surface area contributed by atoms with Gasteiger partial charge in [-0.2, -0.15) is 13.2 Å². The highest BCUT2D eigenvalue weighted by Gasteiger charge is 2.31. The number of carbonyl (C=O) groups excluding carboxylic acids is 1. The monoisotopic (exact) mass is 395 g/mol. The van der Waals surface area contributed by atoms with E-state index in [0.717, 1.165) is 17.7 Å². The molecule has 0 aliphatic heterocycles. The molecule has 7 heteroatoms. The van der Waals surface area contributed by atoms with Crippen LogP contribution in [0, 0.1) is 0 Å². The van der Waals surface area contributed by atoms with Gasteiger partial charge in [0, 0.05) is 19.7 Å². The molecule has 0 amide bonds. The normalized spacial score (nSPS) is 13.8. The van der Waals surface area contributed by atoms with Crippen molar-refractivity contribution in [2.75, 3.05) is 20.8 Å². The van der Waals surface area contributed by atoms with Crippen molar-refractivity contribution in [1.29, 1.82) is 0 Å². The molecule has 0 aliphatic rings. The number of ether oxygens (including phenoxy) is 2. The SMILES string of the molecule is COC(=O)c1ccc(CC(C)NCC(OC)c2cccc(C(F)(F)F)c2)cc1. The molecule has 0 saturated heterocycles. The van der Waals surface area contributed by atoms with E-state index in [4.69, 9.17) is 4.74 Å². The van der Waals surface area contributed by atoms with E-state index in [1.165, 1.54) is 20.3 Å². The van der Waals surface area contributed by atoms with Crippen molar-refractivity contribution in [3.63, 3.8) is 0 Å². The van der Waals surface area contributed by atoms with E-state index in [0.29, 0.717) is 24.1 Å². The predicted octanol–water partition coefficient (Wildman–Crippen LogP) is 4.40. The fourth-order valence-corrected chi connectivity index (χ4v) is 2.88. The lowest BCUT2D eigenvalue weighted by Crippen LogP contribution is -2.32. The summed E-state index contributed by atoms with van der Waals surface area (Å²) in [7, 11) is 2.81. The second-order valence-corrected chi connectivity index (χ2v) is 6.55. The van der Waals surface area contributed by atoms with Gasteiger partial charge in [0.05, 0.1) is 24.3 Å². The Morgan fingerprint density at radius 3 is 2.36 bits per heavy atom. The Labute approximate surface area is 162 Å². The summed E-state index contributed by atoms with van der Waals surface area (Å²) in [6.45, 7) is 2.35. The zero-order chi connectivity index (χ0) is 20.7. The molecule has 28 heavy (non-hydrogen) atoms. The molecule has 0 aliphatic carbocycles. The molecule has 0 aromatic heterocycles. The molecule has 0 fully saturated rings. The second kappa shape index (κ2) is 9.71. The summed E-state index contributed by atoms with van der Waals surface area (Å²) in [5, 5.41) is 3.29. The van der Waals surface area contributed by atoms with Crippen LogP contribution in [-0.2, 0) is 22.1 Å². The summed E-state index contributed by atoms with van der Waals surface area (Å²) in [6, 6.07) is 12.3. The van der Waals surface area contributed by atoms with Gasteiger partial charge in [0.1, 0.15) is 0 Å². The number of hydrogen-bond acceptors (Lipinski definition) is 4. The van der Waals surface area contributed by atoms with Crippen LogP contribution in [0.4, 0.5) is 13.2 Å². The Kier molecular flexibility index (Phi) is 7.60. The van der Waals surface area contributed by atoms with E-state index in [1.807, 2.05) is 19.1 Å². The van der Waals surface area contributed by atoms with Crippen molar-refractivity contribution in [2.24, 2.45) is 0 Å². The van der Waals surface area contributed by atoms with Crippen molar-refractivity contribution in [3.8, 4) is 0 Å². The number of carbonyl (C=O) groups is 1.